The lowest BCUT2D eigenvalue weighted by Gasteiger charge is -2.35. The molecule has 1 fully saturated rings. The predicted octanol–water partition coefficient (Wildman–Crippen LogP) is 3.59. The molecule has 0 spiro atoms. The van der Waals surface area contributed by atoms with Crippen LogP contribution in [-0.4, -0.2) is 53.6 Å². The number of nitrogens with zero attached hydrogens (tertiary/aromatic N) is 4. The molecule has 30 heavy (non-hydrogen) atoms. The highest BCUT2D eigenvalue weighted by Crippen LogP contribution is 2.24. The van der Waals surface area contributed by atoms with Crippen molar-refractivity contribution in [3.8, 4) is 5.75 Å². The molecular formula is C24H28N4O2. The molecule has 1 aromatic heterocycles. The number of ether oxygens (including phenoxy) is 1. The van der Waals surface area contributed by atoms with E-state index in [1.165, 1.54) is 5.56 Å². The molecule has 3 aromatic rings. The molecule has 156 valence electrons. The Labute approximate surface area is 177 Å². The van der Waals surface area contributed by atoms with Gasteiger partial charge in [0.15, 0.2) is 12.4 Å². The number of carbonyl (C=O) groups excluding carboxylic acids is 1. The summed E-state index contributed by atoms with van der Waals surface area (Å²) in [5, 5.41) is 0. The van der Waals surface area contributed by atoms with E-state index in [9.17, 15) is 4.79 Å². The Morgan fingerprint density at radius 3 is 2.33 bits per heavy atom. The minimum absolute atomic E-state index is 0.0227. The van der Waals surface area contributed by atoms with Crippen molar-refractivity contribution in [2.24, 2.45) is 0 Å². The third kappa shape index (κ3) is 4.08. The smallest absolute Gasteiger partial charge is 0.260 e. The maximum absolute atomic E-state index is 12.7. The fourth-order valence-corrected chi connectivity index (χ4v) is 3.93. The standard InChI is InChI=1S/C24H28N4O2/c1-16-13-17(2)18(3)22(14-16)30-15-23(29)27-9-11-28(12-10-27)24-19(4)25-20-7-5-6-8-21(20)26-24/h5-8,13-14H,9-12,15H2,1-4H3. The van der Waals surface area contributed by atoms with E-state index in [-0.39, 0.29) is 12.5 Å². The van der Waals surface area contributed by atoms with E-state index in [0.717, 1.165) is 52.5 Å². The molecule has 1 amide bonds. The normalized spacial score (nSPS) is 14.3. The van der Waals surface area contributed by atoms with Gasteiger partial charge in [0.05, 0.1) is 16.7 Å². The molecule has 0 radical (unpaired) electrons. The van der Waals surface area contributed by atoms with Crippen LogP contribution in [0.15, 0.2) is 36.4 Å². The first-order valence-electron chi connectivity index (χ1n) is 10.4. The van der Waals surface area contributed by atoms with Crippen molar-refractivity contribution in [1.29, 1.82) is 0 Å². The predicted molar refractivity (Wildman–Crippen MR) is 119 cm³/mol. The molecule has 1 aliphatic heterocycles. The van der Waals surface area contributed by atoms with Crippen molar-refractivity contribution in [1.82, 2.24) is 14.9 Å². The minimum atomic E-state index is 0.0227. The van der Waals surface area contributed by atoms with E-state index in [1.54, 1.807) is 0 Å². The van der Waals surface area contributed by atoms with Gasteiger partial charge in [0.2, 0.25) is 0 Å². The van der Waals surface area contributed by atoms with E-state index in [0.29, 0.717) is 13.1 Å². The third-order valence-electron chi connectivity index (χ3n) is 5.77. The van der Waals surface area contributed by atoms with Gasteiger partial charge >= 0.3 is 0 Å². The first kappa shape index (κ1) is 20.1. The molecule has 0 aliphatic carbocycles. The second-order valence-electron chi connectivity index (χ2n) is 7.98. The molecule has 6 heteroatoms. The summed E-state index contributed by atoms with van der Waals surface area (Å²) in [4.78, 5) is 26.3. The lowest BCUT2D eigenvalue weighted by Crippen LogP contribution is -2.50. The Bertz CT molecular complexity index is 1090. The number of para-hydroxylation sites is 2. The minimum Gasteiger partial charge on any atom is -0.483 e. The van der Waals surface area contributed by atoms with Gasteiger partial charge < -0.3 is 14.5 Å². The number of benzene rings is 2. The third-order valence-corrected chi connectivity index (χ3v) is 5.77. The van der Waals surface area contributed by atoms with E-state index in [4.69, 9.17) is 9.72 Å². The van der Waals surface area contributed by atoms with Crippen LogP contribution in [-0.2, 0) is 4.79 Å². The van der Waals surface area contributed by atoms with Crippen LogP contribution in [0.2, 0.25) is 0 Å². The zero-order valence-corrected chi connectivity index (χ0v) is 18.1. The van der Waals surface area contributed by atoms with Crippen molar-refractivity contribution in [3.63, 3.8) is 0 Å². The Balaban J connectivity index is 1.38. The maximum Gasteiger partial charge on any atom is 0.260 e. The van der Waals surface area contributed by atoms with Gasteiger partial charge in [-0.25, -0.2) is 9.97 Å². The van der Waals surface area contributed by atoms with Crippen LogP contribution in [0.5, 0.6) is 5.75 Å². The highest BCUT2D eigenvalue weighted by Gasteiger charge is 2.24. The van der Waals surface area contributed by atoms with E-state index < -0.39 is 0 Å². The van der Waals surface area contributed by atoms with Gasteiger partial charge in [-0.15, -0.1) is 0 Å². The highest BCUT2D eigenvalue weighted by atomic mass is 16.5. The number of rotatable bonds is 4. The van der Waals surface area contributed by atoms with E-state index in [2.05, 4.69) is 22.9 Å². The Morgan fingerprint density at radius 1 is 0.967 bits per heavy atom. The number of hydrogen-bond acceptors (Lipinski definition) is 5. The van der Waals surface area contributed by atoms with Crippen molar-refractivity contribution in [2.45, 2.75) is 27.7 Å². The monoisotopic (exact) mass is 404 g/mol. The average molecular weight is 405 g/mol. The van der Waals surface area contributed by atoms with Gasteiger partial charge in [0.1, 0.15) is 5.75 Å². The summed E-state index contributed by atoms with van der Waals surface area (Å²) in [6.07, 6.45) is 0. The summed E-state index contributed by atoms with van der Waals surface area (Å²) < 4.78 is 5.87. The lowest BCUT2D eigenvalue weighted by molar-refractivity contribution is -0.133. The number of carbonyl (C=O) groups is 1. The van der Waals surface area contributed by atoms with Crippen LogP contribution >= 0.6 is 0 Å². The number of amides is 1. The summed E-state index contributed by atoms with van der Waals surface area (Å²) in [7, 11) is 0. The fraction of sp³-hybridized carbons (Fsp3) is 0.375. The summed E-state index contributed by atoms with van der Waals surface area (Å²) in [6, 6.07) is 12.0. The molecule has 1 saturated heterocycles. The molecule has 6 nitrogen and oxygen atoms in total. The number of aromatic nitrogens is 2. The zero-order valence-electron chi connectivity index (χ0n) is 18.1. The topological polar surface area (TPSA) is 58.6 Å². The van der Waals surface area contributed by atoms with Crippen LogP contribution in [0, 0.1) is 27.7 Å². The van der Waals surface area contributed by atoms with Gasteiger partial charge in [-0.3, -0.25) is 4.79 Å². The SMILES string of the molecule is Cc1cc(C)c(C)c(OCC(=O)N2CCN(c3nc4ccccc4nc3C)CC2)c1. The first-order chi connectivity index (χ1) is 14.4. The first-order valence-corrected chi connectivity index (χ1v) is 10.4. The Morgan fingerprint density at radius 2 is 1.63 bits per heavy atom. The number of fused-ring (bicyclic) bond motifs is 1. The van der Waals surface area contributed by atoms with Crippen LogP contribution in [0.1, 0.15) is 22.4 Å². The van der Waals surface area contributed by atoms with Gasteiger partial charge in [-0.1, -0.05) is 18.2 Å². The largest absolute Gasteiger partial charge is 0.483 e. The second kappa shape index (κ2) is 8.30. The fourth-order valence-electron chi connectivity index (χ4n) is 3.93. The van der Waals surface area contributed by atoms with E-state index in [1.807, 2.05) is 56.0 Å². The van der Waals surface area contributed by atoms with Crippen molar-refractivity contribution in [3.05, 3.63) is 58.8 Å². The summed E-state index contributed by atoms with van der Waals surface area (Å²) >= 11 is 0. The van der Waals surface area contributed by atoms with Crippen molar-refractivity contribution < 1.29 is 9.53 Å². The van der Waals surface area contributed by atoms with Crippen LogP contribution < -0.4 is 9.64 Å². The second-order valence-corrected chi connectivity index (χ2v) is 7.98. The molecule has 1 aliphatic rings. The molecule has 0 atom stereocenters. The van der Waals surface area contributed by atoms with Gasteiger partial charge in [-0.05, 0) is 62.6 Å². The van der Waals surface area contributed by atoms with Crippen molar-refractivity contribution >= 4 is 22.8 Å². The molecule has 0 bridgehead atoms. The Kier molecular flexibility index (Phi) is 5.57. The number of anilines is 1. The maximum atomic E-state index is 12.7. The molecule has 0 unspecified atom stereocenters. The number of hydrogen-bond donors (Lipinski definition) is 0. The molecule has 2 heterocycles. The molecule has 0 N–H and O–H groups in total. The quantitative estimate of drug-likeness (QED) is 0.665. The summed E-state index contributed by atoms with van der Waals surface area (Å²) in [6.45, 7) is 11.0. The summed E-state index contributed by atoms with van der Waals surface area (Å²) in [5.74, 6) is 1.72. The molecule has 2 aromatic carbocycles. The number of piperazine rings is 1. The summed E-state index contributed by atoms with van der Waals surface area (Å²) in [5.41, 5.74) is 6.13. The number of aryl methyl sites for hydroxylation is 3. The molecule has 4 rings (SSSR count). The highest BCUT2D eigenvalue weighted by molar-refractivity contribution is 5.79. The van der Waals surface area contributed by atoms with Gasteiger partial charge in [-0.2, -0.15) is 0 Å². The van der Waals surface area contributed by atoms with Crippen LogP contribution in [0.4, 0.5) is 5.82 Å². The average Bonchev–Trinajstić information content (AvgIpc) is 2.74. The van der Waals surface area contributed by atoms with Gasteiger partial charge in [0, 0.05) is 26.2 Å². The van der Waals surface area contributed by atoms with Gasteiger partial charge in [0.25, 0.3) is 5.91 Å². The zero-order chi connectivity index (χ0) is 21.3. The van der Waals surface area contributed by atoms with E-state index >= 15 is 0 Å². The Hall–Kier alpha value is -3.15. The molecule has 0 saturated carbocycles. The van der Waals surface area contributed by atoms with Crippen LogP contribution in [0.25, 0.3) is 11.0 Å². The van der Waals surface area contributed by atoms with Crippen LogP contribution in [0.3, 0.4) is 0 Å². The van der Waals surface area contributed by atoms with Crippen molar-refractivity contribution in [2.75, 3.05) is 37.7 Å². The molecular weight excluding hydrogens is 376 g/mol. The lowest BCUT2D eigenvalue weighted by atomic mass is 10.1.